The second kappa shape index (κ2) is 14.4. The van der Waals surface area contributed by atoms with E-state index in [0.29, 0.717) is 30.8 Å². The average Bonchev–Trinajstić information content (AvgIpc) is 3.35. The van der Waals surface area contributed by atoms with Crippen LogP contribution in [0.3, 0.4) is 0 Å². The van der Waals surface area contributed by atoms with Crippen LogP contribution in [-0.2, 0) is 19.6 Å². The van der Waals surface area contributed by atoms with Gasteiger partial charge in [-0.05, 0) is 93.6 Å². The Morgan fingerprint density at radius 3 is 2.40 bits per heavy atom. The summed E-state index contributed by atoms with van der Waals surface area (Å²) in [4.78, 5) is 32.6. The topological polar surface area (TPSA) is 130 Å². The minimum atomic E-state index is -4.87. The van der Waals surface area contributed by atoms with Crippen molar-refractivity contribution < 1.29 is 40.7 Å². The van der Waals surface area contributed by atoms with Crippen molar-refractivity contribution in [1.29, 1.82) is 0 Å². The molecule has 1 spiro atoms. The second-order valence-corrected chi connectivity index (χ2v) is 14.1. The Labute approximate surface area is 278 Å². The molecule has 3 aliphatic heterocycles. The molecule has 0 unspecified atom stereocenters. The van der Waals surface area contributed by atoms with E-state index in [-0.39, 0.29) is 49.3 Å². The molecule has 2 N–H and O–H groups in total. The summed E-state index contributed by atoms with van der Waals surface area (Å²) < 4.78 is 75.8. The normalized spacial score (nSPS) is 19.2. The molecule has 0 bridgehead atoms. The van der Waals surface area contributed by atoms with Crippen molar-refractivity contribution in [3.8, 4) is 5.75 Å². The summed E-state index contributed by atoms with van der Waals surface area (Å²) in [7, 11) is -1.99. The monoisotopic (exact) mass is 691 g/mol. The van der Waals surface area contributed by atoms with E-state index < -0.39 is 33.6 Å². The molecule has 0 saturated carbocycles. The van der Waals surface area contributed by atoms with Gasteiger partial charge in [-0.3, -0.25) is 14.6 Å². The van der Waals surface area contributed by atoms with E-state index in [9.17, 15) is 31.2 Å². The molecule has 0 aliphatic carbocycles. The van der Waals surface area contributed by atoms with Gasteiger partial charge in [0.15, 0.2) is 0 Å². The van der Waals surface area contributed by atoms with Crippen molar-refractivity contribution in [2.75, 3.05) is 46.4 Å². The third kappa shape index (κ3) is 8.25. The lowest BCUT2D eigenvalue weighted by Crippen LogP contribution is -2.50. The predicted molar refractivity (Wildman–Crippen MR) is 174 cm³/mol. The molecule has 5 rings (SSSR count). The van der Waals surface area contributed by atoms with Gasteiger partial charge in [0.05, 0.1) is 12.7 Å². The van der Waals surface area contributed by atoms with Gasteiger partial charge in [-0.25, -0.2) is 8.42 Å². The average molecular weight is 692 g/mol. The number of carbonyl (C=O) groups is 2. The van der Waals surface area contributed by atoms with Gasteiger partial charge in [-0.15, -0.1) is 13.2 Å². The van der Waals surface area contributed by atoms with Crippen molar-refractivity contribution >= 4 is 33.7 Å². The highest BCUT2D eigenvalue weighted by molar-refractivity contribution is 7.92. The molecule has 0 aromatic heterocycles. The fourth-order valence-electron chi connectivity index (χ4n) is 6.28. The molecule has 15 heteroatoms. The Balaban J connectivity index is 1.21. The number of amidine groups is 1. The number of hydrogen-bond donors (Lipinski definition) is 2. The van der Waals surface area contributed by atoms with Crippen molar-refractivity contribution in [1.82, 2.24) is 19.8 Å². The number of benzene rings is 2. The Kier molecular flexibility index (Phi) is 10.6. The number of aryl methyl sites for hydroxylation is 2. The first kappa shape index (κ1) is 35.5. The zero-order valence-electron chi connectivity index (χ0n) is 27.1. The fourth-order valence-corrected chi connectivity index (χ4v) is 7.45. The van der Waals surface area contributed by atoms with Crippen molar-refractivity contribution in [2.24, 2.45) is 4.99 Å². The van der Waals surface area contributed by atoms with Crippen LogP contribution in [0.5, 0.6) is 5.75 Å². The zero-order valence-corrected chi connectivity index (χ0v) is 27.9. The quantitative estimate of drug-likeness (QED) is 0.363. The number of piperidine rings is 2. The van der Waals surface area contributed by atoms with Gasteiger partial charge in [0.2, 0.25) is 10.0 Å². The van der Waals surface area contributed by atoms with Crippen LogP contribution >= 0.6 is 0 Å². The van der Waals surface area contributed by atoms with Crippen LogP contribution in [0.4, 0.5) is 13.2 Å². The van der Waals surface area contributed by atoms with E-state index in [1.165, 1.54) is 22.5 Å². The van der Waals surface area contributed by atoms with Crippen LogP contribution in [0.15, 0.2) is 46.8 Å². The zero-order chi connectivity index (χ0) is 34.7. The molecule has 2 saturated heterocycles. The molecular formula is C33H40F3N5O6S. The molecule has 3 aliphatic rings. The maximum atomic E-state index is 13.3. The minimum Gasteiger partial charge on any atom is -0.406 e. The highest BCUT2D eigenvalue weighted by Gasteiger charge is 2.47. The largest absolute Gasteiger partial charge is 0.573 e. The summed E-state index contributed by atoms with van der Waals surface area (Å²) in [5.74, 6) is -0.838. The minimum absolute atomic E-state index is 0.0245. The first-order valence-corrected chi connectivity index (χ1v) is 17.3. The summed E-state index contributed by atoms with van der Waals surface area (Å²) >= 11 is 0. The van der Waals surface area contributed by atoms with Crippen molar-refractivity contribution in [2.45, 2.75) is 57.5 Å². The lowest BCUT2D eigenvalue weighted by Gasteiger charge is -2.34. The number of aliphatic imine (C=N–C) groups is 1. The highest BCUT2D eigenvalue weighted by Crippen LogP contribution is 2.33. The van der Waals surface area contributed by atoms with Gasteiger partial charge in [0.25, 0.3) is 11.8 Å². The fraction of sp³-hybridized carbons (Fsp3) is 0.485. The summed E-state index contributed by atoms with van der Waals surface area (Å²) in [6, 6.07) is 8.70. The Bertz CT molecular complexity index is 1670. The molecule has 2 aromatic carbocycles. The van der Waals surface area contributed by atoms with Crippen LogP contribution in [0.2, 0.25) is 0 Å². The van der Waals surface area contributed by atoms with Crippen LogP contribution in [0.25, 0.3) is 6.08 Å². The number of likely N-dealkylation sites (tertiary alicyclic amines) is 1. The molecule has 11 nitrogen and oxygen atoms in total. The number of carbonyl (C=O) groups excluding carboxylic acids is 2. The van der Waals surface area contributed by atoms with Crippen LogP contribution in [-0.4, -0.2) is 99.7 Å². The number of ether oxygens (including phenoxy) is 2. The molecule has 48 heavy (non-hydrogen) atoms. The van der Waals surface area contributed by atoms with Crippen LogP contribution in [0.1, 0.15) is 58.3 Å². The van der Waals surface area contributed by atoms with Crippen LogP contribution < -0.4 is 15.4 Å². The number of sulfonamides is 1. The number of amides is 2. The third-order valence-corrected chi connectivity index (χ3v) is 10.5. The van der Waals surface area contributed by atoms with Gasteiger partial charge in [-0.1, -0.05) is 12.1 Å². The number of hydrogen-bond acceptors (Lipinski definition) is 8. The molecule has 2 fully saturated rings. The molecule has 3 heterocycles. The van der Waals surface area contributed by atoms with Gasteiger partial charge < -0.3 is 25.0 Å². The van der Waals surface area contributed by atoms with E-state index in [4.69, 9.17) is 4.74 Å². The number of nitrogens with one attached hydrogen (secondary N) is 2. The number of alkyl halides is 3. The molecule has 260 valence electrons. The molecule has 0 atom stereocenters. The highest BCUT2D eigenvalue weighted by atomic mass is 32.2. The van der Waals surface area contributed by atoms with Gasteiger partial charge in [0.1, 0.15) is 17.1 Å². The van der Waals surface area contributed by atoms with Crippen molar-refractivity contribution in [3.63, 3.8) is 0 Å². The Hall–Kier alpha value is -3.79. The molecule has 0 radical (unpaired) electrons. The number of nitrogens with zero attached hydrogens (tertiary/aromatic N) is 3. The predicted octanol–water partition coefficient (Wildman–Crippen LogP) is 3.75. The first-order valence-electron chi connectivity index (χ1n) is 15.8. The van der Waals surface area contributed by atoms with Gasteiger partial charge in [-0.2, -0.15) is 4.31 Å². The van der Waals surface area contributed by atoms with E-state index in [0.717, 1.165) is 48.1 Å². The molecular weight excluding hydrogens is 651 g/mol. The molecule has 2 amide bonds. The van der Waals surface area contributed by atoms with E-state index >= 15 is 0 Å². The molecule has 2 aromatic rings. The standard InChI is InChI=1S/C33H40F3N5O6S/c1-22-19-25(30(42)40-13-7-26(8-14-40)46-17-12-37-3)20-23(2)28(22)9-18-48(44,45)41-15-10-32(11-16-41)31(43)38-29(39-32)24-5-4-6-27(21-24)47-33(34,35)36/h4-6,9,18-21,26,37H,7-8,10-17H2,1-3H3,(H,38,39,43)/b18-9+. The van der Waals surface area contributed by atoms with E-state index in [1.54, 1.807) is 12.1 Å². The van der Waals surface area contributed by atoms with E-state index in [2.05, 4.69) is 20.4 Å². The van der Waals surface area contributed by atoms with Crippen LogP contribution in [0, 0.1) is 13.8 Å². The smallest absolute Gasteiger partial charge is 0.406 e. The SMILES string of the molecule is CNCCOC1CCN(C(=O)c2cc(C)c(/C=C/S(=O)(=O)N3CCC4(CC3)N=C(c3cccc(OC(F)(F)F)c3)NC4=O)c(C)c2)CC1. The summed E-state index contributed by atoms with van der Waals surface area (Å²) in [6.07, 6.45) is -1.45. The maximum Gasteiger partial charge on any atom is 0.573 e. The number of halogens is 3. The first-order chi connectivity index (χ1) is 22.7. The van der Waals surface area contributed by atoms with Gasteiger partial charge in [0, 0.05) is 49.3 Å². The summed E-state index contributed by atoms with van der Waals surface area (Å²) in [5.41, 5.74) is 1.80. The Morgan fingerprint density at radius 1 is 1.10 bits per heavy atom. The summed E-state index contributed by atoms with van der Waals surface area (Å²) in [6.45, 7) is 6.35. The van der Waals surface area contributed by atoms with Crippen molar-refractivity contribution in [3.05, 3.63) is 69.6 Å². The third-order valence-electron chi connectivity index (χ3n) is 8.91. The number of rotatable bonds is 10. The second-order valence-electron chi connectivity index (χ2n) is 12.3. The number of likely N-dealkylation sites (N-methyl/N-ethyl adjacent to an activating group) is 1. The lowest BCUT2D eigenvalue weighted by atomic mass is 9.89. The maximum absolute atomic E-state index is 13.3. The lowest BCUT2D eigenvalue weighted by molar-refractivity contribution is -0.274. The van der Waals surface area contributed by atoms with E-state index in [1.807, 2.05) is 25.8 Å². The Morgan fingerprint density at radius 2 is 1.77 bits per heavy atom. The summed E-state index contributed by atoms with van der Waals surface area (Å²) in [5, 5.41) is 6.82. The van der Waals surface area contributed by atoms with Gasteiger partial charge >= 0.3 is 6.36 Å².